The van der Waals surface area contributed by atoms with Crippen LogP contribution in [0.4, 0.5) is 0 Å². The average molecular weight is 499 g/mol. The minimum Gasteiger partial charge on any atom is -0.497 e. The fourth-order valence-corrected chi connectivity index (χ4v) is 2.73. The molecule has 0 saturated carbocycles. The number of aliphatic imine (C=N–C) groups is 1. The maximum absolute atomic E-state index is 5.45. The number of benzene rings is 2. The molecule has 6 nitrogen and oxygen atoms in total. The summed E-state index contributed by atoms with van der Waals surface area (Å²) in [6, 6.07) is 11.9. The molecule has 154 valence electrons. The Bertz CT molecular complexity index is 781. The van der Waals surface area contributed by atoms with Crippen LogP contribution < -0.4 is 24.8 Å². The lowest BCUT2D eigenvalue weighted by Crippen LogP contribution is -2.36. The monoisotopic (exact) mass is 499 g/mol. The van der Waals surface area contributed by atoms with E-state index in [0.29, 0.717) is 13.1 Å². The maximum Gasteiger partial charge on any atom is 0.191 e. The average Bonchev–Trinajstić information content (AvgIpc) is 2.70. The van der Waals surface area contributed by atoms with E-state index in [1.807, 2.05) is 44.2 Å². The largest absolute Gasteiger partial charge is 0.497 e. The zero-order valence-electron chi connectivity index (χ0n) is 17.2. The Morgan fingerprint density at radius 2 is 1.68 bits per heavy atom. The van der Waals surface area contributed by atoms with Crippen molar-refractivity contribution in [1.82, 2.24) is 10.6 Å². The molecular weight excluding hydrogens is 469 g/mol. The summed E-state index contributed by atoms with van der Waals surface area (Å²) >= 11 is 0. The number of nitrogens with zero attached hydrogens (tertiary/aromatic N) is 1. The van der Waals surface area contributed by atoms with E-state index in [9.17, 15) is 0 Å². The predicted molar refractivity (Wildman–Crippen MR) is 124 cm³/mol. The van der Waals surface area contributed by atoms with Crippen LogP contribution in [0.5, 0.6) is 17.2 Å². The highest BCUT2D eigenvalue weighted by Crippen LogP contribution is 2.24. The first-order chi connectivity index (χ1) is 13.1. The van der Waals surface area contributed by atoms with Gasteiger partial charge in [-0.2, -0.15) is 0 Å². The second-order valence-electron chi connectivity index (χ2n) is 6.03. The lowest BCUT2D eigenvalue weighted by Gasteiger charge is -2.14. The van der Waals surface area contributed by atoms with Crippen molar-refractivity contribution in [3.8, 4) is 17.2 Å². The molecule has 2 rings (SSSR count). The summed E-state index contributed by atoms with van der Waals surface area (Å²) in [6.45, 7) is 6.04. The number of nitrogens with one attached hydrogen (secondary N) is 2. The van der Waals surface area contributed by atoms with Gasteiger partial charge in [0, 0.05) is 24.7 Å². The van der Waals surface area contributed by atoms with Gasteiger partial charge in [-0.1, -0.05) is 12.1 Å². The third-order valence-electron chi connectivity index (χ3n) is 4.16. The van der Waals surface area contributed by atoms with E-state index in [1.165, 1.54) is 0 Å². The van der Waals surface area contributed by atoms with Gasteiger partial charge in [-0.3, -0.25) is 0 Å². The molecule has 0 bridgehead atoms. The molecule has 7 heteroatoms. The first-order valence-corrected chi connectivity index (χ1v) is 8.97. The molecule has 0 saturated heterocycles. The lowest BCUT2D eigenvalue weighted by atomic mass is 10.1. The van der Waals surface area contributed by atoms with Crippen molar-refractivity contribution in [2.75, 3.05) is 27.9 Å². The Morgan fingerprint density at radius 1 is 0.929 bits per heavy atom. The third-order valence-corrected chi connectivity index (χ3v) is 4.16. The van der Waals surface area contributed by atoms with E-state index < -0.39 is 0 Å². The number of aryl methyl sites for hydroxylation is 1. The minimum atomic E-state index is 0. The van der Waals surface area contributed by atoms with Crippen molar-refractivity contribution in [2.45, 2.75) is 26.9 Å². The quantitative estimate of drug-likeness (QED) is 0.328. The van der Waals surface area contributed by atoms with E-state index in [4.69, 9.17) is 14.2 Å². The van der Waals surface area contributed by atoms with Crippen molar-refractivity contribution >= 4 is 29.9 Å². The minimum absolute atomic E-state index is 0. The van der Waals surface area contributed by atoms with Crippen molar-refractivity contribution in [3.63, 3.8) is 0 Å². The van der Waals surface area contributed by atoms with Gasteiger partial charge >= 0.3 is 0 Å². The van der Waals surface area contributed by atoms with Gasteiger partial charge in [-0.25, -0.2) is 4.99 Å². The van der Waals surface area contributed by atoms with Gasteiger partial charge in [0.05, 0.1) is 27.9 Å². The fraction of sp³-hybridized carbons (Fsp3) is 0.381. The highest BCUT2D eigenvalue weighted by atomic mass is 127. The van der Waals surface area contributed by atoms with E-state index in [-0.39, 0.29) is 24.0 Å². The number of rotatable bonds is 8. The van der Waals surface area contributed by atoms with Crippen molar-refractivity contribution in [1.29, 1.82) is 0 Å². The number of hydrogen-bond acceptors (Lipinski definition) is 4. The second kappa shape index (κ2) is 12.3. The summed E-state index contributed by atoms with van der Waals surface area (Å²) < 4.78 is 16.0. The molecule has 2 N–H and O–H groups in total. The Hall–Kier alpha value is -2.16. The molecule has 0 fully saturated rings. The molecular formula is C21H30IN3O3. The van der Waals surface area contributed by atoms with E-state index in [1.54, 1.807) is 21.3 Å². The Kier molecular flexibility index (Phi) is 10.5. The molecule has 2 aromatic rings. The molecule has 0 aliphatic carbocycles. The maximum atomic E-state index is 5.45. The smallest absolute Gasteiger partial charge is 0.191 e. The Balaban J connectivity index is 0.00000392. The highest BCUT2D eigenvalue weighted by molar-refractivity contribution is 14.0. The molecule has 2 aromatic carbocycles. The molecule has 0 aliphatic rings. The second-order valence-corrected chi connectivity index (χ2v) is 6.03. The van der Waals surface area contributed by atoms with Crippen LogP contribution in [0.25, 0.3) is 0 Å². The van der Waals surface area contributed by atoms with Crippen LogP contribution in [0.3, 0.4) is 0 Å². The SMILES string of the molecule is CCNC(=NCc1ccc(OC)c(C)c1)NCc1ccc(OC)cc1OC.I. The van der Waals surface area contributed by atoms with Crippen LogP contribution in [0.15, 0.2) is 41.4 Å². The molecule has 0 atom stereocenters. The van der Waals surface area contributed by atoms with Crippen LogP contribution in [0.2, 0.25) is 0 Å². The van der Waals surface area contributed by atoms with Crippen molar-refractivity contribution in [3.05, 3.63) is 53.1 Å². The van der Waals surface area contributed by atoms with Crippen LogP contribution in [-0.2, 0) is 13.1 Å². The fourth-order valence-electron chi connectivity index (χ4n) is 2.73. The predicted octanol–water partition coefficient (Wildman–Crippen LogP) is 3.89. The molecule has 0 amide bonds. The molecule has 28 heavy (non-hydrogen) atoms. The van der Waals surface area contributed by atoms with Gasteiger partial charge in [0.1, 0.15) is 17.2 Å². The lowest BCUT2D eigenvalue weighted by molar-refractivity contribution is 0.390. The van der Waals surface area contributed by atoms with Gasteiger partial charge < -0.3 is 24.8 Å². The highest BCUT2D eigenvalue weighted by Gasteiger charge is 2.06. The Labute approximate surface area is 184 Å². The summed E-state index contributed by atoms with van der Waals surface area (Å²) in [5.74, 6) is 3.19. The molecule has 0 aromatic heterocycles. The summed E-state index contributed by atoms with van der Waals surface area (Å²) in [6.07, 6.45) is 0. The van der Waals surface area contributed by atoms with Crippen LogP contribution in [0.1, 0.15) is 23.6 Å². The van der Waals surface area contributed by atoms with Crippen molar-refractivity contribution in [2.24, 2.45) is 4.99 Å². The topological polar surface area (TPSA) is 64.1 Å². The number of halogens is 1. The first-order valence-electron chi connectivity index (χ1n) is 8.97. The summed E-state index contributed by atoms with van der Waals surface area (Å²) in [7, 11) is 4.98. The molecule has 0 unspecified atom stereocenters. The third kappa shape index (κ3) is 6.78. The zero-order chi connectivity index (χ0) is 19.6. The standard InChI is InChI=1S/C21H29N3O3.HI/c1-6-22-21(23-13-16-7-10-19(26-4)15(2)11-16)24-14-17-8-9-18(25-3)12-20(17)27-5;/h7-12H,6,13-14H2,1-5H3,(H2,22,23,24);1H. The van der Waals surface area contributed by atoms with Crippen molar-refractivity contribution < 1.29 is 14.2 Å². The van der Waals surface area contributed by atoms with Gasteiger partial charge in [0.2, 0.25) is 0 Å². The normalized spacial score (nSPS) is 10.7. The van der Waals surface area contributed by atoms with Crippen LogP contribution in [-0.4, -0.2) is 33.8 Å². The van der Waals surface area contributed by atoms with Gasteiger partial charge in [0.15, 0.2) is 5.96 Å². The van der Waals surface area contributed by atoms with Crippen LogP contribution in [0, 0.1) is 6.92 Å². The zero-order valence-corrected chi connectivity index (χ0v) is 19.5. The summed E-state index contributed by atoms with van der Waals surface area (Å²) in [5.41, 5.74) is 3.27. The summed E-state index contributed by atoms with van der Waals surface area (Å²) in [4.78, 5) is 4.67. The molecule has 0 heterocycles. The Morgan fingerprint density at radius 3 is 2.29 bits per heavy atom. The summed E-state index contributed by atoms with van der Waals surface area (Å²) in [5, 5.41) is 6.62. The van der Waals surface area contributed by atoms with Gasteiger partial charge in [-0.15, -0.1) is 24.0 Å². The number of methoxy groups -OCH3 is 3. The number of ether oxygens (including phenoxy) is 3. The van der Waals surface area contributed by atoms with Gasteiger partial charge in [-0.05, 0) is 43.2 Å². The van der Waals surface area contributed by atoms with Gasteiger partial charge in [0.25, 0.3) is 0 Å². The van der Waals surface area contributed by atoms with E-state index in [2.05, 4.69) is 21.7 Å². The number of hydrogen-bond donors (Lipinski definition) is 2. The molecule has 0 aliphatic heterocycles. The van der Waals surface area contributed by atoms with Crippen LogP contribution >= 0.6 is 24.0 Å². The van der Waals surface area contributed by atoms with E-state index >= 15 is 0 Å². The van der Waals surface area contributed by atoms with E-state index in [0.717, 1.165) is 46.4 Å². The molecule has 0 spiro atoms. The number of guanidine groups is 1. The molecule has 0 radical (unpaired) electrons. The first kappa shape index (κ1) is 23.9.